The van der Waals surface area contributed by atoms with Crippen LogP contribution in [-0.2, 0) is 13.6 Å². The Bertz CT molecular complexity index is 302. The van der Waals surface area contributed by atoms with Crippen molar-refractivity contribution >= 4 is 0 Å². The molecular formula is C12H23N3. The van der Waals surface area contributed by atoms with Crippen LogP contribution in [0, 0.1) is 12.8 Å². The number of aryl methyl sites for hydroxylation is 2. The molecule has 1 aromatic heterocycles. The predicted octanol–water partition coefficient (Wildman–Crippen LogP) is 2.25. The van der Waals surface area contributed by atoms with Gasteiger partial charge in [0.2, 0.25) is 0 Å². The molecule has 1 aromatic rings. The van der Waals surface area contributed by atoms with Crippen LogP contribution in [0.4, 0.5) is 0 Å². The maximum absolute atomic E-state index is 4.34. The van der Waals surface area contributed by atoms with Crippen LogP contribution < -0.4 is 5.32 Å². The average molecular weight is 209 g/mol. The zero-order chi connectivity index (χ0) is 11.4. The van der Waals surface area contributed by atoms with E-state index >= 15 is 0 Å². The molecule has 0 aliphatic rings. The lowest BCUT2D eigenvalue weighted by atomic mass is 10.0. The quantitative estimate of drug-likeness (QED) is 0.806. The van der Waals surface area contributed by atoms with Gasteiger partial charge in [-0.05, 0) is 25.3 Å². The molecule has 3 nitrogen and oxygen atoms in total. The smallest absolute Gasteiger partial charge is 0.0597 e. The molecule has 86 valence electrons. The minimum absolute atomic E-state index is 0.597. The number of rotatable bonds is 5. The van der Waals surface area contributed by atoms with Gasteiger partial charge in [0, 0.05) is 19.6 Å². The minimum atomic E-state index is 0.597. The second kappa shape index (κ2) is 5.31. The summed E-state index contributed by atoms with van der Waals surface area (Å²) in [6, 6.07) is 2.74. The Morgan fingerprint density at radius 3 is 2.53 bits per heavy atom. The Morgan fingerprint density at radius 2 is 2.13 bits per heavy atom. The highest BCUT2D eigenvalue weighted by Crippen LogP contribution is 2.07. The van der Waals surface area contributed by atoms with Gasteiger partial charge in [-0.15, -0.1) is 0 Å². The van der Waals surface area contributed by atoms with Crippen molar-refractivity contribution in [2.24, 2.45) is 13.0 Å². The normalized spacial score (nSPS) is 13.5. The molecule has 0 fully saturated rings. The minimum Gasteiger partial charge on any atom is -0.308 e. The van der Waals surface area contributed by atoms with Crippen LogP contribution in [0.15, 0.2) is 6.07 Å². The highest BCUT2D eigenvalue weighted by atomic mass is 15.3. The Labute approximate surface area is 92.9 Å². The molecule has 1 unspecified atom stereocenters. The SMILES string of the molecule is CCC(NCc1cc(C)nn1C)C(C)C. The van der Waals surface area contributed by atoms with Crippen molar-refractivity contribution in [3.05, 3.63) is 17.5 Å². The molecule has 0 aromatic carbocycles. The van der Waals surface area contributed by atoms with Gasteiger partial charge in [0.15, 0.2) is 0 Å². The van der Waals surface area contributed by atoms with E-state index in [1.165, 1.54) is 12.1 Å². The van der Waals surface area contributed by atoms with Crippen molar-refractivity contribution in [1.29, 1.82) is 0 Å². The van der Waals surface area contributed by atoms with E-state index in [2.05, 4.69) is 37.3 Å². The van der Waals surface area contributed by atoms with Gasteiger partial charge in [-0.3, -0.25) is 4.68 Å². The maximum atomic E-state index is 4.34. The van der Waals surface area contributed by atoms with E-state index in [9.17, 15) is 0 Å². The molecule has 1 rings (SSSR count). The molecule has 0 spiro atoms. The fourth-order valence-electron chi connectivity index (χ4n) is 1.92. The number of nitrogens with one attached hydrogen (secondary N) is 1. The van der Waals surface area contributed by atoms with Gasteiger partial charge in [0.25, 0.3) is 0 Å². The number of hydrogen-bond acceptors (Lipinski definition) is 2. The summed E-state index contributed by atoms with van der Waals surface area (Å²) in [6.07, 6.45) is 1.18. The van der Waals surface area contributed by atoms with Crippen LogP contribution in [0.1, 0.15) is 38.6 Å². The third-order valence-corrected chi connectivity index (χ3v) is 2.89. The van der Waals surface area contributed by atoms with Gasteiger partial charge < -0.3 is 5.32 Å². The van der Waals surface area contributed by atoms with E-state index < -0.39 is 0 Å². The molecule has 0 saturated heterocycles. The van der Waals surface area contributed by atoms with Crippen LogP contribution in [-0.4, -0.2) is 15.8 Å². The molecule has 1 N–H and O–H groups in total. The lowest BCUT2D eigenvalue weighted by Gasteiger charge is -2.20. The fraction of sp³-hybridized carbons (Fsp3) is 0.750. The molecule has 1 atom stereocenters. The van der Waals surface area contributed by atoms with Gasteiger partial charge in [-0.25, -0.2) is 0 Å². The predicted molar refractivity (Wildman–Crippen MR) is 63.7 cm³/mol. The van der Waals surface area contributed by atoms with Crippen LogP contribution >= 0.6 is 0 Å². The van der Waals surface area contributed by atoms with Gasteiger partial charge in [0.1, 0.15) is 0 Å². The van der Waals surface area contributed by atoms with E-state index in [0.29, 0.717) is 12.0 Å². The third kappa shape index (κ3) is 3.34. The first-order valence-corrected chi connectivity index (χ1v) is 5.77. The summed E-state index contributed by atoms with van der Waals surface area (Å²) in [4.78, 5) is 0. The highest BCUT2D eigenvalue weighted by Gasteiger charge is 2.11. The lowest BCUT2D eigenvalue weighted by Crippen LogP contribution is -2.33. The molecule has 15 heavy (non-hydrogen) atoms. The summed E-state index contributed by atoms with van der Waals surface area (Å²) in [5.41, 5.74) is 2.35. The first-order valence-electron chi connectivity index (χ1n) is 5.77. The van der Waals surface area contributed by atoms with Gasteiger partial charge in [-0.1, -0.05) is 20.8 Å². The first kappa shape index (κ1) is 12.2. The van der Waals surface area contributed by atoms with Gasteiger partial charge in [-0.2, -0.15) is 5.10 Å². The number of nitrogens with zero attached hydrogens (tertiary/aromatic N) is 2. The zero-order valence-corrected chi connectivity index (χ0v) is 10.5. The average Bonchev–Trinajstić information content (AvgIpc) is 2.45. The largest absolute Gasteiger partial charge is 0.308 e. The summed E-state index contributed by atoms with van der Waals surface area (Å²) in [6.45, 7) is 9.69. The van der Waals surface area contributed by atoms with Gasteiger partial charge in [0.05, 0.1) is 11.4 Å². The standard InChI is InChI=1S/C12H23N3/c1-6-12(9(2)3)13-8-11-7-10(4)14-15(11)5/h7,9,12-13H,6,8H2,1-5H3. The Kier molecular flexibility index (Phi) is 4.33. The van der Waals surface area contributed by atoms with E-state index in [4.69, 9.17) is 0 Å². The topological polar surface area (TPSA) is 29.9 Å². The summed E-state index contributed by atoms with van der Waals surface area (Å²) in [5, 5.41) is 7.91. The molecule has 0 aliphatic heterocycles. The molecule has 0 aliphatic carbocycles. The van der Waals surface area contributed by atoms with Gasteiger partial charge >= 0.3 is 0 Å². The van der Waals surface area contributed by atoms with E-state index in [1.54, 1.807) is 0 Å². The zero-order valence-electron chi connectivity index (χ0n) is 10.5. The van der Waals surface area contributed by atoms with Crippen LogP contribution in [0.2, 0.25) is 0 Å². The molecule has 0 bridgehead atoms. The second-order valence-corrected chi connectivity index (χ2v) is 4.54. The van der Waals surface area contributed by atoms with Crippen molar-refractivity contribution in [3.8, 4) is 0 Å². The fourth-order valence-corrected chi connectivity index (χ4v) is 1.92. The molecule has 1 heterocycles. The Balaban J connectivity index is 2.52. The third-order valence-electron chi connectivity index (χ3n) is 2.89. The van der Waals surface area contributed by atoms with Crippen molar-refractivity contribution in [2.75, 3.05) is 0 Å². The number of aromatic nitrogens is 2. The molecule has 0 radical (unpaired) electrons. The Morgan fingerprint density at radius 1 is 1.47 bits per heavy atom. The van der Waals surface area contributed by atoms with Crippen molar-refractivity contribution < 1.29 is 0 Å². The first-order chi connectivity index (χ1) is 7.04. The van der Waals surface area contributed by atoms with E-state index in [-0.39, 0.29) is 0 Å². The van der Waals surface area contributed by atoms with E-state index in [1.807, 2.05) is 18.7 Å². The monoisotopic (exact) mass is 209 g/mol. The van der Waals surface area contributed by atoms with E-state index in [0.717, 1.165) is 12.2 Å². The molecule has 3 heteroatoms. The van der Waals surface area contributed by atoms with Crippen molar-refractivity contribution in [3.63, 3.8) is 0 Å². The van der Waals surface area contributed by atoms with Crippen molar-refractivity contribution in [2.45, 2.75) is 46.7 Å². The van der Waals surface area contributed by atoms with Crippen LogP contribution in [0.25, 0.3) is 0 Å². The summed E-state index contributed by atoms with van der Waals surface area (Å²) in [7, 11) is 2.00. The molecule has 0 amide bonds. The molecular weight excluding hydrogens is 186 g/mol. The lowest BCUT2D eigenvalue weighted by molar-refractivity contribution is 0.382. The summed E-state index contributed by atoms with van der Waals surface area (Å²) < 4.78 is 1.95. The maximum Gasteiger partial charge on any atom is 0.0597 e. The molecule has 0 saturated carbocycles. The summed E-state index contributed by atoms with van der Waals surface area (Å²) in [5.74, 6) is 0.685. The second-order valence-electron chi connectivity index (χ2n) is 4.54. The van der Waals surface area contributed by atoms with Crippen LogP contribution in [0.3, 0.4) is 0 Å². The number of hydrogen-bond donors (Lipinski definition) is 1. The van der Waals surface area contributed by atoms with Crippen molar-refractivity contribution in [1.82, 2.24) is 15.1 Å². The Hall–Kier alpha value is -0.830. The van der Waals surface area contributed by atoms with Crippen LogP contribution in [0.5, 0.6) is 0 Å². The highest BCUT2D eigenvalue weighted by molar-refractivity contribution is 5.08. The summed E-state index contributed by atoms with van der Waals surface area (Å²) >= 11 is 0.